The lowest BCUT2D eigenvalue weighted by atomic mass is 9.81. The van der Waals surface area contributed by atoms with Gasteiger partial charge in [-0.3, -0.25) is 0 Å². The third-order valence-electron chi connectivity index (χ3n) is 5.04. The Bertz CT molecular complexity index is 266. The predicted octanol–water partition coefficient (Wildman–Crippen LogP) is 3.83. The van der Waals surface area contributed by atoms with Crippen LogP contribution in [0.25, 0.3) is 0 Å². The molecular weight excluding hydrogens is 236 g/mol. The van der Waals surface area contributed by atoms with E-state index in [-0.39, 0.29) is 6.03 Å². The summed E-state index contributed by atoms with van der Waals surface area (Å²) in [6, 6.07) is 0.481. The van der Waals surface area contributed by atoms with Crippen molar-refractivity contribution in [3.05, 3.63) is 0 Å². The first-order valence-corrected chi connectivity index (χ1v) is 8.32. The fourth-order valence-electron chi connectivity index (χ4n) is 3.56. The van der Waals surface area contributed by atoms with Gasteiger partial charge in [-0.05, 0) is 37.5 Å². The van der Waals surface area contributed by atoms with Crippen LogP contribution in [0.1, 0.15) is 71.1 Å². The highest BCUT2D eigenvalue weighted by molar-refractivity contribution is 5.74. The molecule has 0 bridgehead atoms. The third kappa shape index (κ3) is 5.04. The zero-order valence-electron chi connectivity index (χ0n) is 12.4. The van der Waals surface area contributed by atoms with Gasteiger partial charge >= 0.3 is 6.03 Å². The third-order valence-corrected chi connectivity index (χ3v) is 5.04. The molecule has 0 aromatic heterocycles. The fraction of sp³-hybridized carbons (Fsp3) is 0.938. The molecule has 0 heterocycles. The topological polar surface area (TPSA) is 41.1 Å². The maximum absolute atomic E-state index is 11.9. The standard InChI is InChI=1S/C16H30N2O/c1-2-13-8-10-14(11-9-13)12-17-16(19)18-15-6-4-3-5-7-15/h13-15H,2-12H2,1H3,(H2,17,18,19). The Morgan fingerprint density at radius 2 is 1.58 bits per heavy atom. The minimum Gasteiger partial charge on any atom is -0.338 e. The Morgan fingerprint density at radius 3 is 2.21 bits per heavy atom. The molecule has 110 valence electrons. The molecule has 0 aliphatic heterocycles. The first kappa shape index (κ1) is 14.7. The summed E-state index contributed by atoms with van der Waals surface area (Å²) in [5.41, 5.74) is 0. The summed E-state index contributed by atoms with van der Waals surface area (Å²) in [5, 5.41) is 6.21. The molecule has 19 heavy (non-hydrogen) atoms. The first-order valence-electron chi connectivity index (χ1n) is 8.32. The minimum atomic E-state index is 0.0597. The number of carbonyl (C=O) groups is 1. The molecule has 2 aliphatic rings. The molecule has 2 aliphatic carbocycles. The summed E-state index contributed by atoms with van der Waals surface area (Å²) in [5.74, 6) is 1.65. The predicted molar refractivity (Wildman–Crippen MR) is 79.1 cm³/mol. The van der Waals surface area contributed by atoms with Crippen molar-refractivity contribution in [3.63, 3.8) is 0 Å². The van der Waals surface area contributed by atoms with E-state index in [0.29, 0.717) is 12.0 Å². The SMILES string of the molecule is CCC1CCC(CNC(=O)NC2CCCCC2)CC1. The quantitative estimate of drug-likeness (QED) is 0.797. The molecular formula is C16H30N2O. The first-order chi connectivity index (χ1) is 9.28. The minimum absolute atomic E-state index is 0.0597. The van der Waals surface area contributed by atoms with Gasteiger partial charge < -0.3 is 10.6 Å². The van der Waals surface area contributed by atoms with Crippen molar-refractivity contribution < 1.29 is 4.79 Å². The van der Waals surface area contributed by atoms with Gasteiger partial charge in [-0.15, -0.1) is 0 Å². The van der Waals surface area contributed by atoms with Crippen molar-refractivity contribution in [2.24, 2.45) is 11.8 Å². The maximum Gasteiger partial charge on any atom is 0.315 e. The van der Waals surface area contributed by atoms with Crippen molar-refractivity contribution in [3.8, 4) is 0 Å². The van der Waals surface area contributed by atoms with Gasteiger partial charge in [0.2, 0.25) is 0 Å². The Morgan fingerprint density at radius 1 is 0.947 bits per heavy atom. The van der Waals surface area contributed by atoms with Crippen LogP contribution in [0.15, 0.2) is 0 Å². The lowest BCUT2D eigenvalue weighted by molar-refractivity contribution is 0.223. The molecule has 2 fully saturated rings. The van der Waals surface area contributed by atoms with Crippen molar-refractivity contribution in [1.82, 2.24) is 10.6 Å². The molecule has 0 radical (unpaired) electrons. The second-order valence-corrected chi connectivity index (χ2v) is 6.48. The molecule has 0 atom stereocenters. The lowest BCUT2D eigenvalue weighted by Gasteiger charge is -2.28. The van der Waals surface area contributed by atoms with Crippen molar-refractivity contribution in [2.45, 2.75) is 77.2 Å². The van der Waals surface area contributed by atoms with Crippen molar-refractivity contribution >= 4 is 6.03 Å². The number of amides is 2. The largest absolute Gasteiger partial charge is 0.338 e. The molecule has 3 heteroatoms. The van der Waals surface area contributed by atoms with E-state index >= 15 is 0 Å². The molecule has 2 saturated carbocycles. The molecule has 0 saturated heterocycles. The second-order valence-electron chi connectivity index (χ2n) is 6.48. The summed E-state index contributed by atoms with van der Waals surface area (Å²) in [6.45, 7) is 3.16. The number of nitrogens with one attached hydrogen (secondary N) is 2. The number of hydrogen-bond acceptors (Lipinski definition) is 1. The fourth-order valence-corrected chi connectivity index (χ4v) is 3.56. The van der Waals surface area contributed by atoms with Crippen LogP contribution in [-0.4, -0.2) is 18.6 Å². The van der Waals surface area contributed by atoms with Crippen molar-refractivity contribution in [2.75, 3.05) is 6.54 Å². The highest BCUT2D eigenvalue weighted by Crippen LogP contribution is 2.30. The summed E-state index contributed by atoms with van der Waals surface area (Å²) in [4.78, 5) is 11.9. The smallest absolute Gasteiger partial charge is 0.315 e. The van der Waals surface area contributed by atoms with Crippen molar-refractivity contribution in [1.29, 1.82) is 0 Å². The summed E-state index contributed by atoms with van der Waals surface area (Å²) < 4.78 is 0. The van der Waals surface area contributed by atoms with Gasteiger partial charge in [0, 0.05) is 12.6 Å². The van der Waals surface area contributed by atoms with Gasteiger partial charge in [-0.2, -0.15) is 0 Å². The number of urea groups is 1. The Kier molecular flexibility index (Phi) is 5.99. The van der Waals surface area contributed by atoms with Crippen LogP contribution in [0.5, 0.6) is 0 Å². The van der Waals surface area contributed by atoms with Crippen LogP contribution >= 0.6 is 0 Å². The Balaban J connectivity index is 1.58. The molecule has 2 rings (SSSR count). The Labute approximate surface area is 117 Å². The normalized spacial score (nSPS) is 28.9. The van der Waals surface area contributed by atoms with E-state index in [2.05, 4.69) is 17.6 Å². The monoisotopic (exact) mass is 266 g/mol. The van der Waals surface area contributed by atoms with E-state index in [4.69, 9.17) is 0 Å². The highest BCUT2D eigenvalue weighted by atomic mass is 16.2. The Hall–Kier alpha value is -0.730. The van der Waals surface area contributed by atoms with Gasteiger partial charge in [-0.25, -0.2) is 4.79 Å². The van der Waals surface area contributed by atoms with E-state index in [9.17, 15) is 4.79 Å². The average Bonchev–Trinajstić information content (AvgIpc) is 2.47. The van der Waals surface area contributed by atoms with E-state index in [1.165, 1.54) is 51.4 Å². The molecule has 2 amide bonds. The van der Waals surface area contributed by atoms with Gasteiger partial charge in [0.1, 0.15) is 0 Å². The molecule has 0 unspecified atom stereocenters. The van der Waals surface area contributed by atoms with E-state index in [1.54, 1.807) is 0 Å². The van der Waals surface area contributed by atoms with Crippen LogP contribution in [-0.2, 0) is 0 Å². The highest BCUT2D eigenvalue weighted by Gasteiger charge is 2.21. The van der Waals surface area contributed by atoms with Crippen LogP contribution in [0.2, 0.25) is 0 Å². The van der Waals surface area contributed by atoms with Gasteiger partial charge in [0.15, 0.2) is 0 Å². The van der Waals surface area contributed by atoms with E-state index in [0.717, 1.165) is 25.3 Å². The molecule has 0 aromatic rings. The summed E-state index contributed by atoms with van der Waals surface area (Å²) in [6.07, 6.45) is 12.8. The average molecular weight is 266 g/mol. The number of hydrogen-bond donors (Lipinski definition) is 2. The zero-order valence-corrected chi connectivity index (χ0v) is 12.4. The summed E-state index contributed by atoms with van der Waals surface area (Å²) >= 11 is 0. The van der Waals surface area contributed by atoms with Crippen LogP contribution in [0.3, 0.4) is 0 Å². The number of rotatable bonds is 4. The lowest BCUT2D eigenvalue weighted by Crippen LogP contribution is -2.44. The summed E-state index contributed by atoms with van der Waals surface area (Å²) in [7, 11) is 0. The van der Waals surface area contributed by atoms with Gasteiger partial charge in [0.05, 0.1) is 0 Å². The molecule has 3 nitrogen and oxygen atoms in total. The van der Waals surface area contributed by atoms with E-state index < -0.39 is 0 Å². The molecule has 2 N–H and O–H groups in total. The maximum atomic E-state index is 11.9. The van der Waals surface area contributed by atoms with Crippen LogP contribution in [0.4, 0.5) is 4.79 Å². The molecule has 0 aromatic carbocycles. The van der Waals surface area contributed by atoms with Crippen LogP contribution < -0.4 is 10.6 Å². The molecule has 0 spiro atoms. The van der Waals surface area contributed by atoms with Gasteiger partial charge in [0.25, 0.3) is 0 Å². The second kappa shape index (κ2) is 7.76. The number of carbonyl (C=O) groups excluding carboxylic acids is 1. The van der Waals surface area contributed by atoms with Crippen LogP contribution in [0, 0.1) is 11.8 Å². The zero-order chi connectivity index (χ0) is 13.5. The van der Waals surface area contributed by atoms with Gasteiger partial charge in [-0.1, -0.05) is 45.4 Å². The van der Waals surface area contributed by atoms with E-state index in [1.807, 2.05) is 0 Å².